The third-order valence-electron chi connectivity index (χ3n) is 4.00. The third kappa shape index (κ3) is 3.66. The van der Waals surface area contributed by atoms with Gasteiger partial charge in [-0.25, -0.2) is 4.98 Å². The van der Waals surface area contributed by atoms with Crippen molar-refractivity contribution in [3.05, 3.63) is 35.3 Å². The zero-order valence-corrected chi connectivity index (χ0v) is 13.9. The van der Waals surface area contributed by atoms with E-state index < -0.39 is 0 Å². The largest absolute Gasteiger partial charge is 0.497 e. The van der Waals surface area contributed by atoms with Crippen molar-refractivity contribution in [1.82, 2.24) is 10.3 Å². The molecule has 118 valence electrons. The molecule has 0 saturated carbocycles. The second-order valence-corrected chi connectivity index (χ2v) is 6.46. The molecular weight excluding hydrogens is 296 g/mol. The quantitative estimate of drug-likeness (QED) is 0.885. The van der Waals surface area contributed by atoms with E-state index in [1.165, 1.54) is 6.42 Å². The zero-order valence-electron chi connectivity index (χ0n) is 13.0. The lowest BCUT2D eigenvalue weighted by molar-refractivity contribution is 0.0831. The fourth-order valence-corrected chi connectivity index (χ4v) is 3.49. The van der Waals surface area contributed by atoms with Gasteiger partial charge in [-0.2, -0.15) is 0 Å². The van der Waals surface area contributed by atoms with Gasteiger partial charge in [0, 0.05) is 30.1 Å². The van der Waals surface area contributed by atoms with Crippen LogP contribution in [-0.4, -0.2) is 30.8 Å². The van der Waals surface area contributed by atoms with Crippen LogP contribution >= 0.6 is 11.3 Å². The van der Waals surface area contributed by atoms with Gasteiger partial charge in [-0.15, -0.1) is 11.3 Å². The molecule has 3 rings (SSSR count). The summed E-state index contributed by atoms with van der Waals surface area (Å²) in [5.74, 6) is 0.861. The lowest BCUT2D eigenvalue weighted by Crippen LogP contribution is -2.36. The normalized spacial score (nSPS) is 19.3. The first-order valence-electron chi connectivity index (χ1n) is 7.70. The maximum Gasteiger partial charge on any atom is 0.123 e. The highest BCUT2D eigenvalue weighted by Crippen LogP contribution is 2.27. The van der Waals surface area contributed by atoms with Crippen molar-refractivity contribution in [2.75, 3.05) is 13.7 Å². The van der Waals surface area contributed by atoms with Gasteiger partial charge in [-0.05, 0) is 31.9 Å². The number of ether oxygens (including phenoxy) is 2. The van der Waals surface area contributed by atoms with E-state index >= 15 is 0 Å². The van der Waals surface area contributed by atoms with Crippen molar-refractivity contribution in [1.29, 1.82) is 0 Å². The van der Waals surface area contributed by atoms with E-state index in [-0.39, 0.29) is 0 Å². The molecule has 0 unspecified atom stereocenters. The van der Waals surface area contributed by atoms with Crippen LogP contribution in [0.4, 0.5) is 0 Å². The molecule has 0 amide bonds. The van der Waals surface area contributed by atoms with Gasteiger partial charge < -0.3 is 14.8 Å². The molecule has 0 bridgehead atoms. The molecule has 5 heteroatoms. The lowest BCUT2D eigenvalue weighted by Gasteiger charge is -2.19. The number of nitrogens with one attached hydrogen (secondary N) is 1. The fraction of sp³-hybridized carbons (Fsp3) is 0.471. The molecule has 2 aromatic rings. The summed E-state index contributed by atoms with van der Waals surface area (Å²) in [6, 6.07) is 8.39. The van der Waals surface area contributed by atoms with E-state index in [0.29, 0.717) is 12.1 Å². The van der Waals surface area contributed by atoms with Gasteiger partial charge in [-0.1, -0.05) is 12.1 Å². The Balaban J connectivity index is 1.60. The minimum absolute atomic E-state index is 0.344. The van der Waals surface area contributed by atoms with Gasteiger partial charge in [0.2, 0.25) is 0 Å². The van der Waals surface area contributed by atoms with Gasteiger partial charge in [0.05, 0.1) is 18.9 Å². The Morgan fingerprint density at radius 2 is 2.41 bits per heavy atom. The summed E-state index contributed by atoms with van der Waals surface area (Å²) in [6.07, 6.45) is 2.67. The number of nitrogens with zero attached hydrogens (tertiary/aromatic N) is 1. The minimum Gasteiger partial charge on any atom is -0.497 e. The van der Waals surface area contributed by atoms with Crippen LogP contribution in [0.1, 0.15) is 25.5 Å². The van der Waals surface area contributed by atoms with Crippen LogP contribution < -0.4 is 10.1 Å². The number of rotatable bonds is 6. The summed E-state index contributed by atoms with van der Waals surface area (Å²) in [5, 5.41) is 6.67. The van der Waals surface area contributed by atoms with Gasteiger partial charge in [0.1, 0.15) is 10.8 Å². The van der Waals surface area contributed by atoms with Crippen LogP contribution in [0.5, 0.6) is 5.75 Å². The number of aromatic nitrogens is 1. The van der Waals surface area contributed by atoms with Crippen LogP contribution in [0.25, 0.3) is 10.6 Å². The first-order chi connectivity index (χ1) is 10.8. The second kappa shape index (κ2) is 7.22. The van der Waals surface area contributed by atoms with Gasteiger partial charge in [0.25, 0.3) is 0 Å². The predicted molar refractivity (Wildman–Crippen MR) is 89.4 cm³/mol. The highest BCUT2D eigenvalue weighted by molar-refractivity contribution is 7.13. The zero-order chi connectivity index (χ0) is 15.4. The van der Waals surface area contributed by atoms with Crippen LogP contribution in [0.2, 0.25) is 0 Å². The lowest BCUT2D eigenvalue weighted by atomic mass is 10.1. The molecule has 0 aliphatic carbocycles. The highest BCUT2D eigenvalue weighted by atomic mass is 32.1. The van der Waals surface area contributed by atoms with Gasteiger partial charge in [-0.3, -0.25) is 0 Å². The Hall–Kier alpha value is -1.43. The van der Waals surface area contributed by atoms with Gasteiger partial charge >= 0.3 is 0 Å². The Morgan fingerprint density at radius 1 is 1.50 bits per heavy atom. The summed E-state index contributed by atoms with van der Waals surface area (Å²) >= 11 is 1.67. The molecule has 4 nitrogen and oxygen atoms in total. The third-order valence-corrected chi connectivity index (χ3v) is 4.94. The summed E-state index contributed by atoms with van der Waals surface area (Å²) in [5.41, 5.74) is 2.18. The van der Waals surface area contributed by atoms with Crippen molar-refractivity contribution in [2.45, 2.75) is 38.5 Å². The molecular formula is C17H22N2O2S. The smallest absolute Gasteiger partial charge is 0.123 e. The molecule has 1 aliphatic rings. The number of benzene rings is 1. The predicted octanol–water partition coefficient (Wildman–Crippen LogP) is 3.48. The fourth-order valence-electron chi connectivity index (χ4n) is 2.67. The van der Waals surface area contributed by atoms with Crippen LogP contribution in [-0.2, 0) is 11.3 Å². The average molecular weight is 318 g/mol. The Labute approximate surface area is 135 Å². The molecule has 1 aromatic heterocycles. The molecule has 1 N–H and O–H groups in total. The monoisotopic (exact) mass is 318 g/mol. The van der Waals surface area contributed by atoms with E-state index in [1.54, 1.807) is 18.4 Å². The molecule has 1 fully saturated rings. The minimum atomic E-state index is 0.344. The molecule has 22 heavy (non-hydrogen) atoms. The van der Waals surface area contributed by atoms with E-state index in [1.807, 2.05) is 18.2 Å². The maximum atomic E-state index is 5.71. The summed E-state index contributed by atoms with van der Waals surface area (Å²) in [7, 11) is 1.68. The van der Waals surface area contributed by atoms with Crippen LogP contribution in [0, 0.1) is 0 Å². The van der Waals surface area contributed by atoms with Gasteiger partial charge in [0.15, 0.2) is 0 Å². The summed E-state index contributed by atoms with van der Waals surface area (Å²) in [4.78, 5) is 4.71. The van der Waals surface area contributed by atoms with Crippen molar-refractivity contribution < 1.29 is 9.47 Å². The number of hydrogen-bond acceptors (Lipinski definition) is 5. The Bertz CT molecular complexity index is 608. The molecule has 0 spiro atoms. The highest BCUT2D eigenvalue weighted by Gasteiger charge is 2.21. The Kier molecular flexibility index (Phi) is 5.08. The van der Waals surface area contributed by atoms with Crippen molar-refractivity contribution in [3.8, 4) is 16.3 Å². The van der Waals surface area contributed by atoms with Crippen molar-refractivity contribution in [3.63, 3.8) is 0 Å². The molecule has 1 aromatic carbocycles. The molecule has 2 heterocycles. The van der Waals surface area contributed by atoms with Crippen molar-refractivity contribution >= 4 is 11.3 Å². The number of thiazole rings is 1. The SMILES string of the molecule is COc1cccc(-c2nc(CN[C@@H](C)[C@@H]3CCCO3)cs2)c1. The maximum absolute atomic E-state index is 5.71. The second-order valence-electron chi connectivity index (χ2n) is 5.60. The first kappa shape index (κ1) is 15.5. The van der Waals surface area contributed by atoms with Crippen LogP contribution in [0.15, 0.2) is 29.6 Å². The van der Waals surface area contributed by atoms with Crippen LogP contribution in [0.3, 0.4) is 0 Å². The number of hydrogen-bond donors (Lipinski definition) is 1. The van der Waals surface area contributed by atoms with E-state index in [9.17, 15) is 0 Å². The average Bonchev–Trinajstić information content (AvgIpc) is 3.24. The molecule has 1 saturated heterocycles. The molecule has 0 radical (unpaired) electrons. The van der Waals surface area contributed by atoms with Crippen molar-refractivity contribution in [2.24, 2.45) is 0 Å². The van der Waals surface area contributed by atoms with E-state index in [4.69, 9.17) is 14.5 Å². The standard InChI is InChI=1S/C17H22N2O2S/c1-12(16-7-4-8-21-16)18-10-14-11-22-17(19-14)13-5-3-6-15(9-13)20-2/h3,5-6,9,11-12,16,18H,4,7-8,10H2,1-2H3/t12-,16-/m0/s1. The molecule has 2 atom stereocenters. The first-order valence-corrected chi connectivity index (χ1v) is 8.58. The van der Waals surface area contributed by atoms with E-state index in [0.717, 1.165) is 41.6 Å². The summed E-state index contributed by atoms with van der Waals surface area (Å²) in [6.45, 7) is 3.86. The number of methoxy groups -OCH3 is 1. The summed E-state index contributed by atoms with van der Waals surface area (Å²) < 4.78 is 11.0. The Morgan fingerprint density at radius 3 is 3.18 bits per heavy atom. The topological polar surface area (TPSA) is 43.4 Å². The molecule has 1 aliphatic heterocycles. The van der Waals surface area contributed by atoms with E-state index in [2.05, 4.69) is 23.7 Å².